The Labute approximate surface area is 220 Å². The summed E-state index contributed by atoms with van der Waals surface area (Å²) in [5.74, 6) is -0.437. The maximum Gasteiger partial charge on any atom is 0.242 e. The van der Waals surface area contributed by atoms with E-state index in [-0.39, 0.29) is 31.3 Å². The first kappa shape index (κ1) is 29.6. The highest BCUT2D eigenvalue weighted by Gasteiger charge is 2.26. The Balaban J connectivity index is 2.16. The van der Waals surface area contributed by atoms with Gasteiger partial charge >= 0.3 is 0 Å². The standard InChI is InChI=1S/C27H38ClN3O4S/c1-6-7-15-29-27(33)22(4)30(19-23-10-8-11-24(28)18-23)26(32)12-9-16-31(36(5,34)35)25-14-13-20(2)21(3)17-25/h8,10-11,13-14,17-18,22H,6-7,9,12,15-16,19H2,1-5H3,(H,29,33)/t22-/m1/s1. The normalized spacial score (nSPS) is 12.2. The van der Waals surface area contributed by atoms with Gasteiger partial charge in [0.05, 0.1) is 11.9 Å². The molecule has 0 spiro atoms. The van der Waals surface area contributed by atoms with Crippen molar-refractivity contribution in [2.24, 2.45) is 0 Å². The first-order valence-electron chi connectivity index (χ1n) is 12.3. The molecule has 0 saturated carbocycles. The third kappa shape index (κ3) is 8.82. The van der Waals surface area contributed by atoms with Crippen LogP contribution in [-0.2, 0) is 26.2 Å². The van der Waals surface area contributed by atoms with Gasteiger partial charge in [-0.2, -0.15) is 0 Å². The van der Waals surface area contributed by atoms with Gasteiger partial charge in [-0.3, -0.25) is 13.9 Å². The molecule has 2 aromatic rings. The lowest BCUT2D eigenvalue weighted by Crippen LogP contribution is -2.48. The molecular weight excluding hydrogens is 498 g/mol. The first-order chi connectivity index (χ1) is 16.9. The summed E-state index contributed by atoms with van der Waals surface area (Å²) in [7, 11) is -3.53. The number of rotatable bonds is 13. The van der Waals surface area contributed by atoms with Crippen molar-refractivity contribution in [3.8, 4) is 0 Å². The molecule has 36 heavy (non-hydrogen) atoms. The van der Waals surface area contributed by atoms with Crippen LogP contribution in [0.5, 0.6) is 0 Å². The number of unbranched alkanes of at least 4 members (excludes halogenated alkanes) is 1. The van der Waals surface area contributed by atoms with E-state index in [9.17, 15) is 18.0 Å². The molecule has 1 atom stereocenters. The highest BCUT2D eigenvalue weighted by molar-refractivity contribution is 7.92. The monoisotopic (exact) mass is 535 g/mol. The molecule has 2 rings (SSSR count). The number of carbonyl (C=O) groups is 2. The zero-order valence-electron chi connectivity index (χ0n) is 21.9. The number of nitrogens with zero attached hydrogens (tertiary/aromatic N) is 2. The third-order valence-corrected chi connectivity index (χ3v) is 7.60. The number of benzene rings is 2. The van der Waals surface area contributed by atoms with Gasteiger partial charge in [0, 0.05) is 31.1 Å². The number of sulfonamides is 1. The zero-order valence-corrected chi connectivity index (χ0v) is 23.5. The Kier molecular flexibility index (Phi) is 11.2. The van der Waals surface area contributed by atoms with Crippen molar-refractivity contribution >= 4 is 39.1 Å². The van der Waals surface area contributed by atoms with E-state index in [0.717, 1.165) is 35.8 Å². The molecule has 0 aliphatic heterocycles. The number of nitrogens with one attached hydrogen (secondary N) is 1. The minimum Gasteiger partial charge on any atom is -0.354 e. The molecule has 0 aliphatic rings. The van der Waals surface area contributed by atoms with Crippen molar-refractivity contribution < 1.29 is 18.0 Å². The van der Waals surface area contributed by atoms with Crippen molar-refractivity contribution in [1.29, 1.82) is 0 Å². The summed E-state index contributed by atoms with van der Waals surface area (Å²) in [6.07, 6.45) is 3.40. The van der Waals surface area contributed by atoms with Crippen LogP contribution in [0.25, 0.3) is 0 Å². The number of hydrogen-bond donors (Lipinski definition) is 1. The van der Waals surface area contributed by atoms with Gasteiger partial charge in [0.15, 0.2) is 0 Å². The second kappa shape index (κ2) is 13.7. The molecular formula is C27H38ClN3O4S. The van der Waals surface area contributed by atoms with Crippen LogP contribution in [0, 0.1) is 13.8 Å². The summed E-state index contributed by atoms with van der Waals surface area (Å²) in [5.41, 5.74) is 3.46. The van der Waals surface area contributed by atoms with Crippen LogP contribution < -0.4 is 9.62 Å². The lowest BCUT2D eigenvalue weighted by atomic mass is 10.1. The SMILES string of the molecule is CCCCNC(=O)[C@@H](C)N(Cc1cccc(Cl)c1)C(=O)CCCN(c1ccc(C)c(C)c1)S(C)(=O)=O. The van der Waals surface area contributed by atoms with E-state index in [4.69, 9.17) is 11.6 Å². The van der Waals surface area contributed by atoms with Crippen molar-refractivity contribution in [1.82, 2.24) is 10.2 Å². The van der Waals surface area contributed by atoms with E-state index in [2.05, 4.69) is 5.32 Å². The van der Waals surface area contributed by atoms with E-state index < -0.39 is 16.1 Å². The second-order valence-corrected chi connectivity index (χ2v) is 11.5. The number of halogens is 1. The van der Waals surface area contributed by atoms with E-state index in [0.29, 0.717) is 23.7 Å². The summed E-state index contributed by atoms with van der Waals surface area (Å²) in [6, 6.07) is 12.0. The van der Waals surface area contributed by atoms with Crippen LogP contribution in [0.15, 0.2) is 42.5 Å². The summed E-state index contributed by atoms with van der Waals surface area (Å²) in [4.78, 5) is 27.6. The van der Waals surface area contributed by atoms with Crippen LogP contribution in [0.1, 0.15) is 56.2 Å². The fraction of sp³-hybridized carbons (Fsp3) is 0.481. The molecule has 0 bridgehead atoms. The predicted octanol–water partition coefficient (Wildman–Crippen LogP) is 4.84. The Hall–Kier alpha value is -2.58. The van der Waals surface area contributed by atoms with Crippen molar-refractivity contribution in [2.45, 2.75) is 66.0 Å². The summed E-state index contributed by atoms with van der Waals surface area (Å²) < 4.78 is 26.3. The van der Waals surface area contributed by atoms with Gasteiger partial charge in [-0.15, -0.1) is 0 Å². The number of hydrogen-bond acceptors (Lipinski definition) is 4. The zero-order chi connectivity index (χ0) is 26.9. The predicted molar refractivity (Wildman–Crippen MR) is 147 cm³/mol. The van der Waals surface area contributed by atoms with Crippen molar-refractivity contribution in [3.63, 3.8) is 0 Å². The number of aryl methyl sites for hydroxylation is 2. The lowest BCUT2D eigenvalue weighted by molar-refractivity contribution is -0.140. The van der Waals surface area contributed by atoms with Gasteiger partial charge in [-0.1, -0.05) is 43.1 Å². The van der Waals surface area contributed by atoms with Gasteiger partial charge in [0.2, 0.25) is 21.8 Å². The average Bonchev–Trinajstić information content (AvgIpc) is 2.81. The van der Waals surface area contributed by atoms with Crippen LogP contribution in [0.3, 0.4) is 0 Å². The van der Waals surface area contributed by atoms with Crippen LogP contribution in [0.2, 0.25) is 5.02 Å². The molecule has 1 N–H and O–H groups in total. The Morgan fingerprint density at radius 2 is 1.78 bits per heavy atom. The van der Waals surface area contributed by atoms with Gasteiger partial charge < -0.3 is 10.2 Å². The Morgan fingerprint density at radius 1 is 1.06 bits per heavy atom. The van der Waals surface area contributed by atoms with Gasteiger partial charge in [-0.05, 0) is 74.6 Å². The Morgan fingerprint density at radius 3 is 2.39 bits per heavy atom. The van der Waals surface area contributed by atoms with Crippen molar-refractivity contribution in [3.05, 3.63) is 64.2 Å². The summed E-state index contributed by atoms with van der Waals surface area (Å²) in [5, 5.41) is 3.45. The molecule has 0 unspecified atom stereocenters. The fourth-order valence-corrected chi connectivity index (χ4v) is 5.01. The van der Waals surface area contributed by atoms with E-state index in [1.165, 1.54) is 9.21 Å². The summed E-state index contributed by atoms with van der Waals surface area (Å²) >= 11 is 6.13. The number of carbonyl (C=O) groups excluding carboxylic acids is 2. The van der Waals surface area contributed by atoms with Crippen LogP contribution in [0.4, 0.5) is 5.69 Å². The molecule has 0 aliphatic carbocycles. The summed E-state index contributed by atoms with van der Waals surface area (Å²) in [6.45, 7) is 8.60. The lowest BCUT2D eigenvalue weighted by Gasteiger charge is -2.29. The van der Waals surface area contributed by atoms with Crippen LogP contribution in [-0.4, -0.2) is 50.5 Å². The maximum absolute atomic E-state index is 13.3. The van der Waals surface area contributed by atoms with Crippen molar-refractivity contribution in [2.75, 3.05) is 23.7 Å². The molecule has 0 heterocycles. The largest absolute Gasteiger partial charge is 0.354 e. The Bertz CT molecular complexity index is 1150. The van der Waals surface area contributed by atoms with Gasteiger partial charge in [-0.25, -0.2) is 8.42 Å². The minimum absolute atomic E-state index is 0.101. The first-order valence-corrected chi connectivity index (χ1v) is 14.5. The molecule has 2 amide bonds. The molecule has 0 fully saturated rings. The maximum atomic E-state index is 13.3. The van der Waals surface area contributed by atoms with E-state index in [1.54, 1.807) is 31.2 Å². The highest BCUT2D eigenvalue weighted by Crippen LogP contribution is 2.22. The number of anilines is 1. The van der Waals surface area contributed by atoms with E-state index >= 15 is 0 Å². The van der Waals surface area contributed by atoms with E-state index in [1.807, 2.05) is 39.0 Å². The molecule has 9 heteroatoms. The van der Waals surface area contributed by atoms with Gasteiger partial charge in [0.1, 0.15) is 6.04 Å². The highest BCUT2D eigenvalue weighted by atomic mass is 35.5. The van der Waals surface area contributed by atoms with Gasteiger partial charge in [0.25, 0.3) is 0 Å². The number of amides is 2. The molecule has 0 radical (unpaired) electrons. The smallest absolute Gasteiger partial charge is 0.242 e. The molecule has 2 aromatic carbocycles. The molecule has 0 aromatic heterocycles. The van der Waals surface area contributed by atoms with Crippen LogP contribution >= 0.6 is 11.6 Å². The molecule has 198 valence electrons. The topological polar surface area (TPSA) is 86.8 Å². The third-order valence-electron chi connectivity index (χ3n) is 6.17. The second-order valence-electron chi connectivity index (χ2n) is 9.18. The molecule has 0 saturated heterocycles. The minimum atomic E-state index is -3.53. The quantitative estimate of drug-likeness (QED) is 0.372. The average molecular weight is 536 g/mol. The fourth-order valence-electron chi connectivity index (χ4n) is 3.84. The molecule has 7 nitrogen and oxygen atoms in total.